The van der Waals surface area contributed by atoms with Gasteiger partial charge in [-0.25, -0.2) is 9.67 Å². The molecule has 0 aromatic carbocycles. The van der Waals surface area contributed by atoms with Crippen molar-refractivity contribution in [1.29, 1.82) is 0 Å². The van der Waals surface area contributed by atoms with E-state index in [1.54, 1.807) is 13.2 Å². The summed E-state index contributed by atoms with van der Waals surface area (Å²) in [5.74, 6) is 0.314. The third kappa shape index (κ3) is 2.94. The van der Waals surface area contributed by atoms with Crippen molar-refractivity contribution >= 4 is 28.3 Å². The zero-order valence-electron chi connectivity index (χ0n) is 14.7. The number of fused-ring (bicyclic) bond motifs is 1. The molecule has 1 N–H and O–H groups in total. The second-order valence-electron chi connectivity index (χ2n) is 6.80. The fraction of sp³-hybridized carbons (Fsp3) is 0.562. The van der Waals surface area contributed by atoms with E-state index in [1.807, 2.05) is 22.1 Å². The number of amides is 2. The van der Waals surface area contributed by atoms with Crippen LogP contribution in [0.5, 0.6) is 0 Å². The lowest BCUT2D eigenvalue weighted by atomic mass is 10.0. The monoisotopic (exact) mass is 375 g/mol. The second-order valence-corrected chi connectivity index (χ2v) is 7.70. The summed E-state index contributed by atoms with van der Waals surface area (Å²) in [4.78, 5) is 33.5. The molecule has 2 aromatic heterocycles. The molecular weight excluding hydrogens is 354 g/mol. The Hall–Kier alpha value is -2.49. The highest BCUT2D eigenvalue weighted by Crippen LogP contribution is 2.32. The van der Waals surface area contributed by atoms with Crippen LogP contribution in [-0.2, 0) is 11.8 Å². The molecule has 4 heterocycles. The number of nitrogens with zero attached hydrogens (tertiary/aromatic N) is 6. The van der Waals surface area contributed by atoms with E-state index in [-0.39, 0.29) is 23.9 Å². The number of rotatable bonds is 4. The topological polar surface area (TPSA) is 96.2 Å². The van der Waals surface area contributed by atoms with E-state index in [9.17, 15) is 9.59 Å². The third-order valence-corrected chi connectivity index (χ3v) is 5.90. The SMILES string of the molecule is CC(Nc1nccs1)C(=O)N1CC[C@H]2CN(C(=O)c3cnnn3C)C[C@H]21. The molecule has 26 heavy (non-hydrogen) atoms. The van der Waals surface area contributed by atoms with Crippen LogP contribution in [0.4, 0.5) is 5.13 Å². The number of nitrogens with one attached hydrogen (secondary N) is 1. The maximum atomic E-state index is 12.9. The van der Waals surface area contributed by atoms with Crippen molar-refractivity contribution in [2.45, 2.75) is 25.4 Å². The average molecular weight is 375 g/mol. The Balaban J connectivity index is 1.42. The summed E-state index contributed by atoms with van der Waals surface area (Å²) in [6.07, 6.45) is 4.12. The fourth-order valence-electron chi connectivity index (χ4n) is 3.84. The van der Waals surface area contributed by atoms with Gasteiger partial charge in [0.25, 0.3) is 5.91 Å². The van der Waals surface area contributed by atoms with E-state index < -0.39 is 0 Å². The molecule has 138 valence electrons. The van der Waals surface area contributed by atoms with Crippen molar-refractivity contribution in [2.75, 3.05) is 25.0 Å². The van der Waals surface area contributed by atoms with Crippen LogP contribution in [0, 0.1) is 5.92 Å². The predicted molar refractivity (Wildman–Crippen MR) is 95.7 cm³/mol. The zero-order chi connectivity index (χ0) is 18.3. The lowest BCUT2D eigenvalue weighted by Crippen LogP contribution is -2.46. The maximum absolute atomic E-state index is 12.9. The minimum Gasteiger partial charge on any atom is -0.350 e. The number of carbonyl (C=O) groups is 2. The molecule has 0 saturated carbocycles. The summed E-state index contributed by atoms with van der Waals surface area (Å²) >= 11 is 1.47. The van der Waals surface area contributed by atoms with E-state index >= 15 is 0 Å². The first-order chi connectivity index (χ1) is 12.5. The fourth-order valence-corrected chi connectivity index (χ4v) is 4.45. The molecule has 2 saturated heterocycles. The number of anilines is 1. The third-order valence-electron chi connectivity index (χ3n) is 5.19. The Labute approximate surface area is 155 Å². The quantitative estimate of drug-likeness (QED) is 0.833. The van der Waals surface area contributed by atoms with Crippen LogP contribution in [0.3, 0.4) is 0 Å². The van der Waals surface area contributed by atoms with E-state index in [4.69, 9.17) is 0 Å². The van der Waals surface area contributed by atoms with Gasteiger partial charge in [-0.3, -0.25) is 9.59 Å². The van der Waals surface area contributed by atoms with Gasteiger partial charge in [0, 0.05) is 44.2 Å². The number of carbonyl (C=O) groups excluding carboxylic acids is 2. The minimum absolute atomic E-state index is 0.0594. The van der Waals surface area contributed by atoms with Gasteiger partial charge in [-0.15, -0.1) is 16.4 Å². The molecule has 9 nitrogen and oxygen atoms in total. The normalized spacial score (nSPS) is 23.2. The molecule has 1 unspecified atom stereocenters. The van der Waals surface area contributed by atoms with Crippen LogP contribution in [-0.4, -0.2) is 73.3 Å². The summed E-state index contributed by atoms with van der Waals surface area (Å²) in [6.45, 7) is 3.83. The van der Waals surface area contributed by atoms with Crippen LogP contribution in [0.2, 0.25) is 0 Å². The summed E-state index contributed by atoms with van der Waals surface area (Å²) in [6, 6.07) is -0.265. The largest absolute Gasteiger partial charge is 0.350 e. The van der Waals surface area contributed by atoms with Gasteiger partial charge in [0.15, 0.2) is 5.13 Å². The van der Waals surface area contributed by atoms with Gasteiger partial charge >= 0.3 is 0 Å². The molecule has 2 aliphatic rings. The van der Waals surface area contributed by atoms with Gasteiger partial charge in [-0.1, -0.05) is 5.21 Å². The molecule has 2 aromatic rings. The van der Waals surface area contributed by atoms with Crippen LogP contribution in [0.15, 0.2) is 17.8 Å². The molecule has 2 fully saturated rings. The van der Waals surface area contributed by atoms with Gasteiger partial charge in [0.2, 0.25) is 5.91 Å². The first-order valence-electron chi connectivity index (χ1n) is 8.65. The van der Waals surface area contributed by atoms with Crippen LogP contribution in [0.1, 0.15) is 23.8 Å². The van der Waals surface area contributed by atoms with E-state index in [0.717, 1.165) is 18.1 Å². The highest BCUT2D eigenvalue weighted by molar-refractivity contribution is 7.13. The van der Waals surface area contributed by atoms with Crippen molar-refractivity contribution < 1.29 is 9.59 Å². The van der Waals surface area contributed by atoms with Crippen molar-refractivity contribution in [1.82, 2.24) is 29.8 Å². The van der Waals surface area contributed by atoms with Gasteiger partial charge in [-0.2, -0.15) is 0 Å². The number of thiazole rings is 1. The number of aryl methyl sites for hydroxylation is 1. The first-order valence-corrected chi connectivity index (χ1v) is 9.53. The molecular formula is C16H21N7O2S. The van der Waals surface area contributed by atoms with Gasteiger partial charge in [0.1, 0.15) is 11.7 Å². The summed E-state index contributed by atoms with van der Waals surface area (Å²) in [7, 11) is 1.71. The Kier molecular flexibility index (Phi) is 4.35. The van der Waals surface area contributed by atoms with Crippen LogP contribution >= 0.6 is 11.3 Å². The van der Waals surface area contributed by atoms with Crippen molar-refractivity contribution in [2.24, 2.45) is 13.0 Å². The van der Waals surface area contributed by atoms with E-state index in [0.29, 0.717) is 24.7 Å². The smallest absolute Gasteiger partial charge is 0.273 e. The lowest BCUT2D eigenvalue weighted by Gasteiger charge is -2.27. The number of likely N-dealkylation sites (tertiary alicyclic amines) is 2. The summed E-state index contributed by atoms with van der Waals surface area (Å²) in [5.41, 5.74) is 0.474. The molecule has 0 bridgehead atoms. The minimum atomic E-state index is -0.342. The standard InChI is InChI=1S/C16H21N7O2S/c1-10(19-16-17-4-6-26-16)14(24)23-5-3-11-8-22(9-13(11)23)15(25)12-7-18-20-21(12)2/h4,6-7,10-11,13H,3,5,8-9H2,1-2H3,(H,17,19)/t10?,11-,13+/m0/s1. The first kappa shape index (κ1) is 17.0. The molecule has 0 aliphatic carbocycles. The molecule has 0 spiro atoms. The summed E-state index contributed by atoms with van der Waals surface area (Å²) < 4.78 is 1.49. The second kappa shape index (κ2) is 6.67. The van der Waals surface area contributed by atoms with E-state index in [2.05, 4.69) is 20.6 Å². The summed E-state index contributed by atoms with van der Waals surface area (Å²) in [5, 5.41) is 13.4. The van der Waals surface area contributed by atoms with Crippen molar-refractivity contribution in [3.05, 3.63) is 23.5 Å². The Morgan fingerprint density at radius 2 is 2.23 bits per heavy atom. The molecule has 3 atom stereocenters. The molecule has 4 rings (SSSR count). The lowest BCUT2D eigenvalue weighted by molar-refractivity contribution is -0.132. The van der Waals surface area contributed by atoms with E-state index in [1.165, 1.54) is 22.2 Å². The van der Waals surface area contributed by atoms with Gasteiger partial charge < -0.3 is 15.1 Å². The average Bonchev–Trinajstić information content (AvgIpc) is 3.38. The Morgan fingerprint density at radius 1 is 1.38 bits per heavy atom. The van der Waals surface area contributed by atoms with Crippen LogP contribution in [0.25, 0.3) is 0 Å². The number of hydrogen-bond acceptors (Lipinski definition) is 7. The number of hydrogen-bond donors (Lipinski definition) is 1. The Bertz CT molecular complexity index is 805. The molecule has 10 heteroatoms. The Morgan fingerprint density at radius 3 is 2.92 bits per heavy atom. The van der Waals surface area contributed by atoms with Crippen molar-refractivity contribution in [3.63, 3.8) is 0 Å². The van der Waals surface area contributed by atoms with Crippen LogP contribution < -0.4 is 5.32 Å². The molecule has 2 aliphatic heterocycles. The van der Waals surface area contributed by atoms with Gasteiger partial charge in [0.05, 0.1) is 12.2 Å². The highest BCUT2D eigenvalue weighted by atomic mass is 32.1. The van der Waals surface area contributed by atoms with Crippen molar-refractivity contribution in [3.8, 4) is 0 Å². The number of aromatic nitrogens is 4. The highest BCUT2D eigenvalue weighted by Gasteiger charge is 2.45. The molecule has 2 amide bonds. The maximum Gasteiger partial charge on any atom is 0.273 e. The molecule has 0 radical (unpaired) electrons. The predicted octanol–water partition coefficient (Wildman–Crippen LogP) is 0.445. The van der Waals surface area contributed by atoms with Gasteiger partial charge in [-0.05, 0) is 13.3 Å². The zero-order valence-corrected chi connectivity index (χ0v) is 15.5.